The van der Waals surface area contributed by atoms with E-state index in [9.17, 15) is 23.2 Å². The first-order valence-corrected chi connectivity index (χ1v) is 8.54. The van der Waals surface area contributed by atoms with Crippen LogP contribution in [0.15, 0.2) is 35.5 Å². The van der Waals surface area contributed by atoms with Gasteiger partial charge in [0.2, 0.25) is 5.88 Å². The molecule has 4 rings (SSSR count). The molecule has 0 radical (unpaired) electrons. The van der Waals surface area contributed by atoms with Crippen LogP contribution >= 0.6 is 0 Å². The van der Waals surface area contributed by atoms with Gasteiger partial charge in [0.1, 0.15) is 5.75 Å². The molecule has 3 aromatic rings. The lowest BCUT2D eigenvalue weighted by atomic mass is 9.89. The lowest BCUT2D eigenvalue weighted by Gasteiger charge is -2.27. The van der Waals surface area contributed by atoms with Gasteiger partial charge in [0.15, 0.2) is 5.69 Å². The van der Waals surface area contributed by atoms with Crippen LogP contribution < -0.4 is 4.74 Å². The van der Waals surface area contributed by atoms with Gasteiger partial charge in [-0.1, -0.05) is 12.1 Å². The number of halogens is 3. The lowest BCUT2D eigenvalue weighted by molar-refractivity contribution is -0.274. The molecule has 146 valence electrons. The first-order chi connectivity index (χ1) is 13.3. The van der Waals surface area contributed by atoms with Crippen molar-refractivity contribution in [2.75, 3.05) is 13.6 Å². The topological polar surface area (TPSA) is 77.9 Å². The van der Waals surface area contributed by atoms with E-state index in [2.05, 4.69) is 19.8 Å². The lowest BCUT2D eigenvalue weighted by Crippen LogP contribution is -2.27. The van der Waals surface area contributed by atoms with E-state index in [1.165, 1.54) is 12.1 Å². The third-order valence-electron chi connectivity index (χ3n) is 4.93. The van der Waals surface area contributed by atoms with Crippen molar-refractivity contribution < 1.29 is 23.0 Å². The van der Waals surface area contributed by atoms with Crippen LogP contribution in [-0.2, 0) is 13.0 Å². The summed E-state index contributed by atoms with van der Waals surface area (Å²) in [5.41, 5.74) is 4.00. The highest BCUT2D eigenvalue weighted by molar-refractivity contribution is 6.00. The molecule has 1 aliphatic rings. The number of nitrogens with zero attached hydrogens (tertiary/aromatic N) is 2. The fourth-order valence-electron chi connectivity index (χ4n) is 3.71. The molecule has 0 amide bonds. The summed E-state index contributed by atoms with van der Waals surface area (Å²) in [6, 6.07) is 7.33. The summed E-state index contributed by atoms with van der Waals surface area (Å²) in [5, 5.41) is 13.4. The molecule has 0 unspecified atom stereocenters. The van der Waals surface area contributed by atoms with Crippen molar-refractivity contribution >= 4 is 16.6 Å². The highest BCUT2D eigenvalue weighted by Gasteiger charge is 2.31. The minimum absolute atomic E-state index is 0.0794. The van der Waals surface area contributed by atoms with E-state index in [-0.39, 0.29) is 17.3 Å². The molecule has 0 saturated carbocycles. The zero-order valence-corrected chi connectivity index (χ0v) is 14.8. The summed E-state index contributed by atoms with van der Waals surface area (Å²) in [5.74, 6) is -0.605. The maximum Gasteiger partial charge on any atom is 0.573 e. The maximum absolute atomic E-state index is 12.4. The Balaban J connectivity index is 1.88. The van der Waals surface area contributed by atoms with E-state index in [0.717, 1.165) is 29.7 Å². The molecule has 2 aromatic carbocycles. The Morgan fingerprint density at radius 3 is 2.57 bits per heavy atom. The number of nitroso groups, excluding NO2 is 1. The Morgan fingerprint density at radius 1 is 1.21 bits per heavy atom. The number of likely N-dealkylation sites (N-methyl/N-ethyl adjacent to an activating group) is 1. The molecule has 0 atom stereocenters. The number of benzene rings is 2. The predicted octanol–water partition coefficient (Wildman–Crippen LogP) is 4.82. The largest absolute Gasteiger partial charge is 0.573 e. The van der Waals surface area contributed by atoms with E-state index in [4.69, 9.17) is 0 Å². The second-order valence-corrected chi connectivity index (χ2v) is 6.78. The van der Waals surface area contributed by atoms with Crippen LogP contribution in [0.5, 0.6) is 11.6 Å². The molecule has 2 N–H and O–H groups in total. The van der Waals surface area contributed by atoms with Crippen LogP contribution in [0, 0.1) is 4.91 Å². The summed E-state index contributed by atoms with van der Waals surface area (Å²) in [6.45, 7) is 1.42. The van der Waals surface area contributed by atoms with Gasteiger partial charge in [-0.05, 0) is 59.1 Å². The van der Waals surface area contributed by atoms with Gasteiger partial charge >= 0.3 is 6.36 Å². The molecule has 0 bridgehead atoms. The molecule has 1 aromatic heterocycles. The molecule has 0 fully saturated rings. The summed E-state index contributed by atoms with van der Waals surface area (Å²) in [6.07, 6.45) is -4.03. The van der Waals surface area contributed by atoms with Crippen LogP contribution in [0.2, 0.25) is 0 Å². The van der Waals surface area contributed by atoms with Crippen LogP contribution in [0.4, 0.5) is 18.9 Å². The summed E-state index contributed by atoms with van der Waals surface area (Å²) in [7, 11) is 1.96. The van der Waals surface area contributed by atoms with Gasteiger partial charge in [0.05, 0.1) is 5.52 Å². The minimum atomic E-state index is -4.75. The number of aromatic hydroxyl groups is 1. The number of aromatic nitrogens is 1. The highest BCUT2D eigenvalue weighted by atomic mass is 19.4. The Hall–Kier alpha value is -3.07. The highest BCUT2D eigenvalue weighted by Crippen LogP contribution is 2.43. The van der Waals surface area contributed by atoms with E-state index >= 15 is 0 Å². The van der Waals surface area contributed by atoms with Crippen LogP contribution in [0.25, 0.3) is 22.0 Å². The Kier molecular flexibility index (Phi) is 4.26. The quantitative estimate of drug-likeness (QED) is 0.627. The van der Waals surface area contributed by atoms with Crippen molar-refractivity contribution in [3.63, 3.8) is 0 Å². The van der Waals surface area contributed by atoms with E-state index in [1.54, 1.807) is 18.2 Å². The average Bonchev–Trinajstić information content (AvgIpc) is 2.95. The van der Waals surface area contributed by atoms with Crippen LogP contribution in [0.1, 0.15) is 11.1 Å². The Morgan fingerprint density at radius 2 is 1.93 bits per heavy atom. The molecule has 1 aliphatic heterocycles. The number of ether oxygens (including phenoxy) is 1. The summed E-state index contributed by atoms with van der Waals surface area (Å²) < 4.78 is 41.1. The second-order valence-electron chi connectivity index (χ2n) is 6.78. The van der Waals surface area contributed by atoms with Crippen molar-refractivity contribution in [2.24, 2.45) is 5.18 Å². The first-order valence-electron chi connectivity index (χ1n) is 8.54. The zero-order chi connectivity index (χ0) is 20.1. The number of alkyl halides is 3. The van der Waals surface area contributed by atoms with Crippen LogP contribution in [-0.4, -0.2) is 34.9 Å². The monoisotopic (exact) mass is 391 g/mol. The fraction of sp³-hybridized carbons (Fsp3) is 0.263. The average molecular weight is 391 g/mol. The van der Waals surface area contributed by atoms with Gasteiger partial charge in [0, 0.05) is 18.5 Å². The number of hydrogen-bond acceptors (Lipinski definition) is 5. The predicted molar refractivity (Wildman–Crippen MR) is 97.6 cm³/mol. The molecule has 0 saturated heterocycles. The van der Waals surface area contributed by atoms with Gasteiger partial charge in [-0.3, -0.25) is 0 Å². The van der Waals surface area contributed by atoms with Crippen molar-refractivity contribution in [3.8, 4) is 22.8 Å². The number of hydrogen-bond donors (Lipinski definition) is 2. The van der Waals surface area contributed by atoms with E-state index in [1.807, 2.05) is 7.05 Å². The number of nitrogens with one attached hydrogen (secondary N) is 1. The molecule has 0 spiro atoms. The van der Waals surface area contributed by atoms with Crippen molar-refractivity contribution in [3.05, 3.63) is 46.4 Å². The maximum atomic E-state index is 12.4. The third-order valence-corrected chi connectivity index (χ3v) is 4.93. The summed E-state index contributed by atoms with van der Waals surface area (Å²) >= 11 is 0. The summed E-state index contributed by atoms with van der Waals surface area (Å²) in [4.78, 5) is 16.1. The molecule has 28 heavy (non-hydrogen) atoms. The second kappa shape index (κ2) is 6.52. The fourth-order valence-corrected chi connectivity index (χ4v) is 3.71. The Labute approximate surface area is 157 Å². The minimum Gasteiger partial charge on any atom is -0.493 e. The van der Waals surface area contributed by atoms with Gasteiger partial charge < -0.3 is 19.7 Å². The van der Waals surface area contributed by atoms with Gasteiger partial charge in [-0.15, -0.1) is 18.1 Å². The molecular formula is C19H16F3N3O3. The van der Waals surface area contributed by atoms with E-state index < -0.39 is 6.36 Å². The first kappa shape index (κ1) is 18.3. The molecule has 9 heteroatoms. The van der Waals surface area contributed by atoms with Crippen LogP contribution in [0.3, 0.4) is 0 Å². The van der Waals surface area contributed by atoms with Crippen molar-refractivity contribution in [2.45, 2.75) is 19.3 Å². The molecular weight excluding hydrogens is 375 g/mol. The van der Waals surface area contributed by atoms with Crippen molar-refractivity contribution in [1.29, 1.82) is 0 Å². The SMILES string of the molecule is CN1CCc2c(-c3ccc(OC(F)(F)F)cc3)cc3c(N=O)c(O)[nH]c3c2C1. The van der Waals surface area contributed by atoms with Gasteiger partial charge in [-0.2, -0.15) is 0 Å². The molecule has 0 aliphatic carbocycles. The standard InChI is InChI=1S/C19H16F3N3O3/c1-25-7-6-12-13(10-2-4-11(5-3-10)28-19(20,21)22)8-14-16(15(12)9-25)23-18(26)17(14)24-27/h2-5,8,23,26H,6-7,9H2,1H3. The third kappa shape index (κ3) is 3.18. The Bertz CT molecular complexity index is 1060. The normalized spacial score (nSPS) is 14.9. The molecule has 2 heterocycles. The number of rotatable bonds is 3. The van der Waals surface area contributed by atoms with E-state index in [0.29, 0.717) is 23.0 Å². The smallest absolute Gasteiger partial charge is 0.493 e. The van der Waals surface area contributed by atoms with Crippen molar-refractivity contribution in [1.82, 2.24) is 9.88 Å². The number of fused-ring (bicyclic) bond motifs is 3. The number of H-pyrrole nitrogens is 1. The molecule has 6 nitrogen and oxygen atoms in total. The number of aromatic amines is 1. The zero-order valence-electron chi connectivity index (χ0n) is 14.8. The van der Waals surface area contributed by atoms with Gasteiger partial charge in [-0.25, -0.2) is 0 Å². The van der Waals surface area contributed by atoms with Gasteiger partial charge in [0.25, 0.3) is 0 Å².